The number of nitrogens with two attached hydrogens (primary N) is 8. The van der Waals surface area contributed by atoms with Gasteiger partial charge in [0.1, 0.15) is 0 Å². The Morgan fingerprint density at radius 2 is 0.513 bits per heavy atom. The number of nitrogens with zero attached hydrogens (tertiary/aromatic N) is 8. The molecule has 412 valence electrons. The molecule has 0 unspecified atom stereocenters. The summed E-state index contributed by atoms with van der Waals surface area (Å²) >= 11 is 23.4. The van der Waals surface area contributed by atoms with E-state index in [1.54, 1.807) is 97.1 Å². The van der Waals surface area contributed by atoms with Crippen molar-refractivity contribution < 1.29 is 19.8 Å². The van der Waals surface area contributed by atoms with Gasteiger partial charge in [-0.25, -0.2) is 0 Å². The van der Waals surface area contributed by atoms with Crippen LogP contribution in [0.15, 0.2) is 137 Å². The predicted molar refractivity (Wildman–Crippen MR) is 316 cm³/mol. The van der Waals surface area contributed by atoms with Gasteiger partial charge in [-0.3, -0.25) is 29.6 Å². The van der Waals surface area contributed by atoms with E-state index in [0.29, 0.717) is 46.3 Å². The number of unbranched alkanes of at least 4 members (excludes halogenated alkanes) is 6. The molecule has 4 rings (SSSR count). The van der Waals surface area contributed by atoms with Crippen LogP contribution in [0.1, 0.15) is 65.2 Å². The van der Waals surface area contributed by atoms with E-state index in [2.05, 4.69) is 61.2 Å². The van der Waals surface area contributed by atoms with Crippen LogP contribution in [-0.2, 0) is 9.59 Å². The molecule has 0 saturated carbocycles. The molecule has 4 aromatic rings. The maximum atomic E-state index is 9.00. The number of carboxylic acids is 2. The molecule has 4 aromatic carbocycles. The SMILES string of the molecule is CC(=O)O.CC(=O)O.NC(=NCCCCCCN=C(N)N=C(N)Nc1ccc(Cl)cc1)N=C(N)Nc1ccc(Cl)cc1.NC(=NCCCCCCN=C(N)N=C(N)Nc1ccc(Cl)cc1)N=C(N)Nc1ccc(Cl)cc1. The highest BCUT2D eigenvalue weighted by atomic mass is 35.5. The lowest BCUT2D eigenvalue weighted by molar-refractivity contribution is -0.135. The largest absolute Gasteiger partial charge is 0.481 e. The van der Waals surface area contributed by atoms with Gasteiger partial charge in [0.15, 0.2) is 0 Å². The molecule has 76 heavy (non-hydrogen) atoms. The van der Waals surface area contributed by atoms with E-state index in [1.807, 2.05) is 0 Å². The Morgan fingerprint density at radius 3 is 0.671 bits per heavy atom. The fourth-order valence-electron chi connectivity index (χ4n) is 5.40. The molecule has 24 nitrogen and oxygen atoms in total. The molecule has 0 fully saturated rings. The Bertz CT molecular complexity index is 2240. The lowest BCUT2D eigenvalue weighted by atomic mass is 10.2. The number of rotatable bonds is 18. The normalized spacial score (nSPS) is 12.4. The van der Waals surface area contributed by atoms with Gasteiger partial charge in [-0.15, -0.1) is 0 Å². The molecule has 0 heterocycles. The Kier molecular flexibility index (Phi) is 34.2. The van der Waals surface area contributed by atoms with Crippen molar-refractivity contribution in [3.8, 4) is 0 Å². The van der Waals surface area contributed by atoms with Crippen molar-refractivity contribution >= 4 is 129 Å². The van der Waals surface area contributed by atoms with Crippen LogP contribution in [-0.4, -0.2) is 96.0 Å². The van der Waals surface area contributed by atoms with Crippen LogP contribution < -0.4 is 67.1 Å². The summed E-state index contributed by atoms with van der Waals surface area (Å²) in [5.74, 6) is -0.538. The summed E-state index contributed by atoms with van der Waals surface area (Å²) in [4.78, 5) is 51.0. The van der Waals surface area contributed by atoms with Gasteiger partial charge in [0.05, 0.1) is 0 Å². The molecule has 28 heteroatoms. The van der Waals surface area contributed by atoms with Crippen molar-refractivity contribution in [2.45, 2.75) is 65.2 Å². The topological polar surface area (TPSA) is 430 Å². The number of carbonyl (C=O) groups is 2. The van der Waals surface area contributed by atoms with Crippen molar-refractivity contribution in [1.29, 1.82) is 0 Å². The van der Waals surface area contributed by atoms with Gasteiger partial charge < -0.3 is 77.3 Å². The zero-order chi connectivity index (χ0) is 56.7. The number of benzene rings is 4. The smallest absolute Gasteiger partial charge is 0.300 e. The number of carboxylic acid groups (broad SMARTS) is 2. The van der Waals surface area contributed by atoms with Crippen LogP contribution in [0.2, 0.25) is 20.1 Å². The first kappa shape index (κ1) is 66.0. The third-order valence-electron chi connectivity index (χ3n) is 8.63. The van der Waals surface area contributed by atoms with Gasteiger partial charge >= 0.3 is 0 Å². The van der Waals surface area contributed by atoms with Crippen molar-refractivity contribution in [3.05, 3.63) is 117 Å². The van der Waals surface area contributed by atoms with Gasteiger partial charge in [-0.05, 0) is 123 Å². The summed E-state index contributed by atoms with van der Waals surface area (Å²) in [5, 5.41) is 29.1. The number of halogens is 4. The molecule has 0 spiro atoms. The van der Waals surface area contributed by atoms with Gasteiger partial charge in [0.2, 0.25) is 47.7 Å². The molecule has 0 amide bonds. The molecule has 0 aliphatic heterocycles. The summed E-state index contributed by atoms with van der Waals surface area (Å²) in [6, 6.07) is 28.3. The molecular formula is C48H68Cl4N20O4. The average molecular weight is 1130 g/mol. The van der Waals surface area contributed by atoms with E-state index in [1.165, 1.54) is 0 Å². The average Bonchev–Trinajstić information content (AvgIpc) is 3.33. The Labute approximate surface area is 462 Å². The first-order valence-corrected chi connectivity index (χ1v) is 24.7. The van der Waals surface area contributed by atoms with Crippen LogP contribution in [0, 0.1) is 0 Å². The fourth-order valence-corrected chi connectivity index (χ4v) is 5.90. The third kappa shape index (κ3) is 37.7. The minimum Gasteiger partial charge on any atom is -0.481 e. The Balaban J connectivity index is 0.000000665. The highest BCUT2D eigenvalue weighted by Gasteiger charge is 2.02. The molecule has 0 aliphatic carbocycles. The number of aliphatic imine (C=N–C) groups is 8. The fraction of sp³-hybridized carbons (Fsp3) is 0.292. The third-order valence-corrected chi connectivity index (χ3v) is 9.64. The Hall–Kier alpha value is -8.06. The quantitative estimate of drug-likeness (QED) is 0.0275. The maximum absolute atomic E-state index is 9.00. The predicted octanol–water partition coefficient (Wildman–Crippen LogP) is 6.86. The summed E-state index contributed by atoms with van der Waals surface area (Å²) in [5.41, 5.74) is 49.5. The summed E-state index contributed by atoms with van der Waals surface area (Å²) in [6.45, 7) is 4.41. The van der Waals surface area contributed by atoms with Gasteiger partial charge in [-0.2, -0.15) is 20.0 Å². The lowest BCUT2D eigenvalue weighted by Gasteiger charge is -2.05. The van der Waals surface area contributed by atoms with Crippen molar-refractivity contribution in [3.63, 3.8) is 0 Å². The van der Waals surface area contributed by atoms with Crippen LogP contribution in [0.5, 0.6) is 0 Å². The summed E-state index contributed by atoms with van der Waals surface area (Å²) < 4.78 is 0. The van der Waals surface area contributed by atoms with E-state index < -0.39 is 11.9 Å². The Morgan fingerprint density at radius 1 is 0.355 bits per heavy atom. The number of hydrogen-bond donors (Lipinski definition) is 14. The number of nitrogens with one attached hydrogen (secondary N) is 4. The number of hydrogen-bond acceptors (Lipinski definition) is 6. The second-order valence-corrected chi connectivity index (χ2v) is 17.1. The van der Waals surface area contributed by atoms with Crippen LogP contribution in [0.25, 0.3) is 0 Å². The molecule has 0 bridgehead atoms. The molecule has 0 atom stereocenters. The number of aliphatic carboxylic acids is 2. The van der Waals surface area contributed by atoms with E-state index in [9.17, 15) is 0 Å². The molecule has 0 aromatic heterocycles. The molecular weight excluding hydrogens is 1060 g/mol. The maximum Gasteiger partial charge on any atom is 0.300 e. The second-order valence-electron chi connectivity index (χ2n) is 15.3. The van der Waals surface area contributed by atoms with Crippen molar-refractivity contribution in [1.82, 2.24) is 0 Å². The first-order chi connectivity index (χ1) is 36.1. The number of guanidine groups is 8. The minimum absolute atomic E-state index is 0.124. The van der Waals surface area contributed by atoms with Gasteiger partial charge in [0, 0.05) is 82.9 Å². The lowest BCUT2D eigenvalue weighted by Crippen LogP contribution is -2.26. The zero-order valence-electron chi connectivity index (χ0n) is 42.1. The van der Waals surface area contributed by atoms with Gasteiger partial charge in [-0.1, -0.05) is 72.1 Å². The van der Waals surface area contributed by atoms with Crippen LogP contribution in [0.3, 0.4) is 0 Å². The summed E-state index contributed by atoms with van der Waals surface area (Å²) in [6.07, 6.45) is 7.37. The van der Waals surface area contributed by atoms with E-state index in [-0.39, 0.29) is 47.7 Å². The van der Waals surface area contributed by atoms with Crippen LogP contribution >= 0.6 is 46.4 Å². The summed E-state index contributed by atoms with van der Waals surface area (Å²) in [7, 11) is 0. The van der Waals surface area contributed by atoms with E-state index in [4.69, 9.17) is 112 Å². The molecule has 0 aliphatic rings. The monoisotopic (exact) mass is 1130 g/mol. The zero-order valence-corrected chi connectivity index (χ0v) is 45.2. The molecule has 0 saturated heterocycles. The first-order valence-electron chi connectivity index (χ1n) is 23.2. The van der Waals surface area contributed by atoms with Crippen molar-refractivity contribution in [2.24, 2.45) is 85.8 Å². The van der Waals surface area contributed by atoms with Gasteiger partial charge in [0.25, 0.3) is 11.9 Å². The number of anilines is 4. The second kappa shape index (κ2) is 39.4. The van der Waals surface area contributed by atoms with Crippen LogP contribution in [0.4, 0.5) is 22.7 Å². The molecule has 0 radical (unpaired) electrons. The van der Waals surface area contributed by atoms with E-state index in [0.717, 1.165) is 88.0 Å². The molecule has 22 N–H and O–H groups in total. The van der Waals surface area contributed by atoms with Crippen molar-refractivity contribution in [2.75, 3.05) is 47.4 Å². The highest BCUT2D eigenvalue weighted by molar-refractivity contribution is 6.31. The van der Waals surface area contributed by atoms with E-state index >= 15 is 0 Å². The highest BCUT2D eigenvalue weighted by Crippen LogP contribution is 2.16. The standard InChI is InChI=1S/2C22H30Cl2N10.2C2H4O2/c2*23-15-5-9-17(10-6-15)31-21(27)33-19(25)29-13-3-1-2-4-14-30-20(26)34-22(28)32-18-11-7-16(24)8-12-18;2*1-2(3)4/h2*5-12H,1-4,13-14H2,(H5,25,27,29,31,33)(H5,26,28,30,32,34);2*1H3,(H,3,4). The minimum atomic E-state index is -0.833.